The largest absolute Gasteiger partial charge is 0.376 e. The molecule has 1 unspecified atom stereocenters. The first-order valence-corrected chi connectivity index (χ1v) is 10.5. The van der Waals surface area contributed by atoms with Gasteiger partial charge in [-0.25, -0.2) is 4.99 Å². The molecular formula is C20H39N5O2. The van der Waals surface area contributed by atoms with Gasteiger partial charge in [-0.05, 0) is 59.0 Å². The van der Waals surface area contributed by atoms with Crippen LogP contribution in [0.4, 0.5) is 0 Å². The first-order valence-electron chi connectivity index (χ1n) is 10.5. The van der Waals surface area contributed by atoms with Crippen molar-refractivity contribution in [3.05, 3.63) is 0 Å². The molecule has 1 amide bonds. The second kappa shape index (κ2) is 10.9. The normalized spacial score (nSPS) is 22.4. The lowest BCUT2D eigenvalue weighted by molar-refractivity contribution is -0.127. The van der Waals surface area contributed by atoms with Gasteiger partial charge in [0.25, 0.3) is 0 Å². The fourth-order valence-corrected chi connectivity index (χ4v) is 3.55. The van der Waals surface area contributed by atoms with Gasteiger partial charge in [-0.2, -0.15) is 0 Å². The molecule has 0 bridgehead atoms. The van der Waals surface area contributed by atoms with Gasteiger partial charge in [-0.3, -0.25) is 9.69 Å². The van der Waals surface area contributed by atoms with E-state index >= 15 is 0 Å². The van der Waals surface area contributed by atoms with Gasteiger partial charge in [0.05, 0.1) is 6.10 Å². The Kier molecular flexibility index (Phi) is 8.83. The van der Waals surface area contributed by atoms with Crippen molar-refractivity contribution in [2.24, 2.45) is 4.99 Å². The van der Waals surface area contributed by atoms with Gasteiger partial charge < -0.3 is 20.3 Å². The minimum absolute atomic E-state index is 0.000284. The Morgan fingerprint density at radius 1 is 1.15 bits per heavy atom. The maximum atomic E-state index is 11.9. The number of guanidine groups is 1. The molecule has 0 radical (unpaired) electrons. The smallest absolute Gasteiger partial charge is 0.243 e. The summed E-state index contributed by atoms with van der Waals surface area (Å²) in [5.41, 5.74) is 0.0514. The standard InChI is InChI=1S/C20H39N5O2/c1-20(2,25-11-7-5-8-12-25)16-23-19(22-15-18(26)24(3)4)21-14-17-10-6-9-13-27-17/h17H,5-16H2,1-4H3,(H2,21,22,23). The average molecular weight is 382 g/mol. The van der Waals surface area contributed by atoms with Crippen LogP contribution in [0.25, 0.3) is 0 Å². The Hall–Kier alpha value is -1.34. The number of carbonyl (C=O) groups excluding carboxylic acids is 1. The highest BCUT2D eigenvalue weighted by atomic mass is 16.5. The van der Waals surface area contributed by atoms with Gasteiger partial charge in [0.2, 0.25) is 5.91 Å². The van der Waals surface area contributed by atoms with Crippen LogP contribution in [-0.2, 0) is 9.53 Å². The molecule has 7 nitrogen and oxygen atoms in total. The molecule has 7 heteroatoms. The van der Waals surface area contributed by atoms with E-state index < -0.39 is 0 Å². The monoisotopic (exact) mass is 381 g/mol. The maximum absolute atomic E-state index is 11.9. The van der Waals surface area contributed by atoms with Crippen molar-refractivity contribution in [2.45, 2.75) is 64.0 Å². The fraction of sp³-hybridized carbons (Fsp3) is 0.900. The summed E-state index contributed by atoms with van der Waals surface area (Å²) in [5.74, 6) is 0.699. The van der Waals surface area contributed by atoms with Crippen LogP contribution < -0.4 is 10.6 Å². The van der Waals surface area contributed by atoms with Crippen molar-refractivity contribution >= 4 is 11.9 Å². The second-order valence-corrected chi connectivity index (χ2v) is 8.54. The van der Waals surface area contributed by atoms with E-state index in [4.69, 9.17) is 4.74 Å². The molecule has 0 aromatic heterocycles. The van der Waals surface area contributed by atoms with Crippen LogP contribution in [0.1, 0.15) is 52.4 Å². The number of rotatable bonds is 7. The Bertz CT molecular complexity index is 481. The van der Waals surface area contributed by atoms with E-state index in [0.29, 0.717) is 5.96 Å². The summed E-state index contributed by atoms with van der Waals surface area (Å²) < 4.78 is 5.80. The number of likely N-dealkylation sites (tertiary alicyclic amines) is 1. The van der Waals surface area contributed by atoms with Crippen molar-refractivity contribution in [3.8, 4) is 0 Å². The van der Waals surface area contributed by atoms with E-state index in [2.05, 4.69) is 34.4 Å². The third kappa shape index (κ3) is 7.66. The van der Waals surface area contributed by atoms with Gasteiger partial charge in [0.15, 0.2) is 5.96 Å². The zero-order valence-corrected chi connectivity index (χ0v) is 17.7. The number of piperidine rings is 1. The highest BCUT2D eigenvalue weighted by molar-refractivity contribution is 5.84. The predicted octanol–water partition coefficient (Wildman–Crippen LogP) is 1.44. The summed E-state index contributed by atoms with van der Waals surface area (Å²) in [6.45, 7) is 9.38. The zero-order valence-electron chi connectivity index (χ0n) is 17.7. The highest BCUT2D eigenvalue weighted by Crippen LogP contribution is 2.19. The van der Waals surface area contributed by atoms with E-state index in [1.807, 2.05) is 0 Å². The topological polar surface area (TPSA) is 69.2 Å². The predicted molar refractivity (Wildman–Crippen MR) is 110 cm³/mol. The van der Waals surface area contributed by atoms with Gasteiger partial charge in [-0.1, -0.05) is 6.42 Å². The molecule has 0 aliphatic carbocycles. The quantitative estimate of drug-likeness (QED) is 0.516. The lowest BCUT2D eigenvalue weighted by Gasteiger charge is -2.41. The van der Waals surface area contributed by atoms with Crippen molar-refractivity contribution in [1.82, 2.24) is 20.4 Å². The molecule has 0 saturated carbocycles. The lowest BCUT2D eigenvalue weighted by atomic mass is 9.98. The third-order valence-corrected chi connectivity index (χ3v) is 5.54. The summed E-state index contributed by atoms with van der Waals surface area (Å²) >= 11 is 0. The number of ether oxygens (including phenoxy) is 1. The molecule has 156 valence electrons. The van der Waals surface area contributed by atoms with Gasteiger partial charge in [0.1, 0.15) is 6.54 Å². The molecule has 2 aliphatic rings. The van der Waals surface area contributed by atoms with Gasteiger partial charge in [0, 0.05) is 39.3 Å². The van der Waals surface area contributed by atoms with Crippen LogP contribution in [0, 0.1) is 0 Å². The molecule has 0 aromatic rings. The molecule has 1 atom stereocenters. The Balaban J connectivity index is 1.90. The summed E-state index contributed by atoms with van der Waals surface area (Å²) in [4.78, 5) is 20.6. The van der Waals surface area contributed by atoms with Crippen LogP contribution in [0.2, 0.25) is 0 Å². The number of hydrogen-bond donors (Lipinski definition) is 2. The second-order valence-electron chi connectivity index (χ2n) is 8.54. The van der Waals surface area contributed by atoms with Crippen molar-refractivity contribution in [3.63, 3.8) is 0 Å². The number of likely N-dealkylation sites (N-methyl/N-ethyl adjacent to an activating group) is 1. The number of hydrogen-bond acceptors (Lipinski definition) is 4. The minimum atomic E-state index is 0.000284. The molecular weight excluding hydrogens is 342 g/mol. The Morgan fingerprint density at radius 3 is 2.52 bits per heavy atom. The van der Waals surface area contributed by atoms with Gasteiger partial charge >= 0.3 is 0 Å². The number of nitrogens with zero attached hydrogens (tertiary/aromatic N) is 3. The van der Waals surface area contributed by atoms with Crippen LogP contribution in [0.3, 0.4) is 0 Å². The number of aliphatic imine (C=N–C) groups is 1. The summed E-state index contributed by atoms with van der Waals surface area (Å²) in [6.07, 6.45) is 7.56. The van der Waals surface area contributed by atoms with E-state index in [0.717, 1.165) is 45.6 Å². The van der Waals surface area contributed by atoms with Gasteiger partial charge in [-0.15, -0.1) is 0 Å². The van der Waals surface area contributed by atoms with Crippen LogP contribution >= 0.6 is 0 Å². The summed E-state index contributed by atoms with van der Waals surface area (Å²) in [5, 5.41) is 6.85. The maximum Gasteiger partial charge on any atom is 0.243 e. The Morgan fingerprint density at radius 2 is 1.89 bits per heavy atom. The summed E-state index contributed by atoms with van der Waals surface area (Å²) in [7, 11) is 3.52. The first kappa shape index (κ1) is 22.0. The van der Waals surface area contributed by atoms with Crippen LogP contribution in [-0.4, -0.2) is 86.7 Å². The number of nitrogens with one attached hydrogen (secondary N) is 2. The van der Waals surface area contributed by atoms with E-state index in [9.17, 15) is 4.79 Å². The van der Waals surface area contributed by atoms with E-state index in [1.165, 1.54) is 25.7 Å². The lowest BCUT2D eigenvalue weighted by Crippen LogP contribution is -2.55. The molecule has 2 aliphatic heterocycles. The van der Waals surface area contributed by atoms with Crippen molar-refractivity contribution in [2.75, 3.05) is 53.4 Å². The van der Waals surface area contributed by atoms with Crippen molar-refractivity contribution < 1.29 is 9.53 Å². The SMILES string of the molecule is CN(C)C(=O)CN=C(NCC1CCCCO1)NCC(C)(C)N1CCCCC1. The molecule has 27 heavy (non-hydrogen) atoms. The third-order valence-electron chi connectivity index (χ3n) is 5.54. The molecule has 2 fully saturated rings. The molecule has 2 N–H and O–H groups in total. The number of carbonyl (C=O) groups is 1. The van der Waals surface area contributed by atoms with E-state index in [-0.39, 0.29) is 24.1 Å². The average Bonchev–Trinajstić information content (AvgIpc) is 2.68. The molecule has 2 rings (SSSR count). The van der Waals surface area contributed by atoms with Crippen LogP contribution in [0.15, 0.2) is 4.99 Å². The molecule has 0 aromatic carbocycles. The number of amides is 1. The molecule has 0 spiro atoms. The minimum Gasteiger partial charge on any atom is -0.376 e. The molecule has 2 saturated heterocycles. The first-order chi connectivity index (χ1) is 12.9. The highest BCUT2D eigenvalue weighted by Gasteiger charge is 2.28. The zero-order chi connectivity index (χ0) is 19.7. The summed E-state index contributed by atoms with van der Waals surface area (Å²) in [6, 6.07) is 0. The van der Waals surface area contributed by atoms with Crippen molar-refractivity contribution in [1.29, 1.82) is 0 Å². The van der Waals surface area contributed by atoms with Crippen LogP contribution in [0.5, 0.6) is 0 Å². The fourth-order valence-electron chi connectivity index (χ4n) is 3.55. The Labute approximate surface area is 164 Å². The molecule has 2 heterocycles. The van der Waals surface area contributed by atoms with E-state index in [1.54, 1.807) is 19.0 Å².